The third kappa shape index (κ3) is 3.17. The molecule has 18 heavy (non-hydrogen) atoms. The molecule has 2 N–H and O–H groups in total. The Balaban J connectivity index is 3.47. The van der Waals surface area contributed by atoms with Crippen LogP contribution in [0.3, 0.4) is 0 Å². The first-order valence-electron chi connectivity index (χ1n) is 5.89. The summed E-state index contributed by atoms with van der Waals surface area (Å²) in [6.45, 7) is 10.7. The highest BCUT2D eigenvalue weighted by molar-refractivity contribution is 5.97. The van der Waals surface area contributed by atoms with Gasteiger partial charge in [0.2, 0.25) is 10.5 Å². The molecule has 0 aliphatic heterocycles. The molecule has 1 rings (SSSR count). The van der Waals surface area contributed by atoms with Gasteiger partial charge in [-0.25, -0.2) is 5.90 Å². The van der Waals surface area contributed by atoms with Crippen molar-refractivity contribution in [1.29, 1.82) is 0 Å². The van der Waals surface area contributed by atoms with E-state index in [9.17, 15) is 0 Å². The second-order valence-electron chi connectivity index (χ2n) is 5.85. The minimum atomic E-state index is -0.563. The van der Waals surface area contributed by atoms with E-state index in [1.54, 1.807) is 6.20 Å². The molecule has 0 aromatic carbocycles. The van der Waals surface area contributed by atoms with Crippen molar-refractivity contribution >= 4 is 10.5 Å². The molecule has 0 amide bonds. The molecule has 0 fully saturated rings. The second kappa shape index (κ2) is 5.48. The van der Waals surface area contributed by atoms with E-state index in [4.69, 9.17) is 15.2 Å². The van der Waals surface area contributed by atoms with Crippen molar-refractivity contribution < 1.29 is 9.26 Å². The first-order chi connectivity index (χ1) is 8.24. The van der Waals surface area contributed by atoms with Gasteiger partial charge in [0.15, 0.2) is 0 Å². The molecule has 0 aliphatic rings. The van der Waals surface area contributed by atoms with Gasteiger partial charge in [-0.05, 0) is 36.5 Å². The summed E-state index contributed by atoms with van der Waals surface area (Å²) < 4.78 is 5.04. The number of rotatable bonds is 4. The monoisotopic (exact) mass is 265 g/mol. The number of nitrogens with two attached hydrogens (primary N) is 1. The molecular weight excluding hydrogens is 244 g/mol. The Morgan fingerprint density at radius 2 is 1.89 bits per heavy atom. The fraction of sp³-hybridized carbons (Fsp3) is 0.615. The Morgan fingerprint density at radius 3 is 2.33 bits per heavy atom. The summed E-state index contributed by atoms with van der Waals surface area (Å²) in [6, 6.07) is 1.95. The fourth-order valence-electron chi connectivity index (χ4n) is 2.08. The van der Waals surface area contributed by atoms with Gasteiger partial charge in [-0.15, -0.1) is 0 Å². The smallest absolute Gasteiger partial charge is 0.246 e. The zero-order valence-electron chi connectivity index (χ0n) is 11.7. The van der Waals surface area contributed by atoms with Crippen LogP contribution < -0.4 is 5.90 Å². The van der Waals surface area contributed by atoms with Crippen LogP contribution >= 0.6 is 0 Å². The van der Waals surface area contributed by atoms with Crippen LogP contribution in [0, 0.1) is 0 Å². The van der Waals surface area contributed by atoms with Crippen LogP contribution in [0.15, 0.2) is 12.3 Å². The maximum atomic E-state index is 5.41. The van der Waals surface area contributed by atoms with Crippen molar-refractivity contribution in [3.63, 3.8) is 0 Å². The SMILES string of the molecule is CC(C)(C)c1c(C(C)(C)ON)ccnc1CO[Si]. The Morgan fingerprint density at radius 1 is 1.28 bits per heavy atom. The predicted octanol–water partition coefficient (Wildman–Crippen LogP) is 2.10. The molecule has 0 saturated heterocycles. The molecule has 1 heterocycles. The van der Waals surface area contributed by atoms with E-state index >= 15 is 0 Å². The van der Waals surface area contributed by atoms with Crippen LogP contribution in [0.25, 0.3) is 0 Å². The summed E-state index contributed by atoms with van der Waals surface area (Å²) in [5.41, 5.74) is 2.40. The number of pyridine rings is 1. The highest BCUT2D eigenvalue weighted by atomic mass is 28.2. The summed E-state index contributed by atoms with van der Waals surface area (Å²) in [6.07, 6.45) is 1.76. The lowest BCUT2D eigenvalue weighted by Gasteiger charge is -2.32. The first-order valence-corrected chi connectivity index (χ1v) is 6.30. The molecule has 3 radical (unpaired) electrons. The van der Waals surface area contributed by atoms with Gasteiger partial charge in [-0.3, -0.25) is 9.82 Å². The number of hydrogen-bond donors (Lipinski definition) is 1. The Hall–Kier alpha value is -0.753. The topological polar surface area (TPSA) is 57.4 Å². The maximum Gasteiger partial charge on any atom is 0.246 e. The average Bonchev–Trinajstić information content (AvgIpc) is 2.28. The van der Waals surface area contributed by atoms with Crippen LogP contribution in [0.1, 0.15) is 51.4 Å². The van der Waals surface area contributed by atoms with E-state index in [1.165, 1.54) is 0 Å². The number of hydrogen-bond acceptors (Lipinski definition) is 4. The molecule has 1 aromatic heterocycles. The van der Waals surface area contributed by atoms with E-state index < -0.39 is 5.60 Å². The summed E-state index contributed by atoms with van der Waals surface area (Å²) in [5, 5.41) is 0. The van der Waals surface area contributed by atoms with Gasteiger partial charge in [0.25, 0.3) is 0 Å². The summed E-state index contributed by atoms with van der Waals surface area (Å²) in [4.78, 5) is 9.50. The summed E-state index contributed by atoms with van der Waals surface area (Å²) in [7, 11) is 3.03. The zero-order valence-corrected chi connectivity index (χ0v) is 12.7. The lowest BCUT2D eigenvalue weighted by Crippen LogP contribution is -2.31. The lowest BCUT2D eigenvalue weighted by atomic mass is 9.78. The fourth-order valence-corrected chi connectivity index (χ4v) is 2.22. The van der Waals surface area contributed by atoms with E-state index in [0.717, 1.165) is 16.8 Å². The van der Waals surface area contributed by atoms with Gasteiger partial charge >= 0.3 is 0 Å². The summed E-state index contributed by atoms with van der Waals surface area (Å²) >= 11 is 0. The molecular formula is C13H21N2O2Si. The van der Waals surface area contributed by atoms with Crippen molar-refractivity contribution in [3.05, 3.63) is 29.1 Å². The number of aromatic nitrogens is 1. The van der Waals surface area contributed by atoms with Gasteiger partial charge in [0.05, 0.1) is 12.3 Å². The van der Waals surface area contributed by atoms with Crippen LogP contribution in [0.2, 0.25) is 0 Å². The molecule has 4 nitrogen and oxygen atoms in total. The van der Waals surface area contributed by atoms with Crippen LogP contribution in [0.4, 0.5) is 0 Å². The number of nitrogens with zero attached hydrogens (tertiary/aromatic N) is 1. The largest absolute Gasteiger partial charge is 0.413 e. The molecule has 0 spiro atoms. The van der Waals surface area contributed by atoms with Crippen LogP contribution in [-0.4, -0.2) is 15.5 Å². The van der Waals surface area contributed by atoms with Crippen LogP contribution in [0.5, 0.6) is 0 Å². The molecule has 99 valence electrons. The normalized spacial score (nSPS) is 12.8. The minimum Gasteiger partial charge on any atom is -0.413 e. The van der Waals surface area contributed by atoms with E-state index in [1.807, 2.05) is 19.9 Å². The van der Waals surface area contributed by atoms with Crippen molar-refractivity contribution in [3.8, 4) is 0 Å². The van der Waals surface area contributed by atoms with Gasteiger partial charge in [-0.1, -0.05) is 20.8 Å². The highest BCUT2D eigenvalue weighted by Gasteiger charge is 2.31. The molecule has 0 atom stereocenters. The zero-order chi connectivity index (χ0) is 14.0. The molecule has 0 saturated carbocycles. The third-order valence-corrected chi connectivity index (χ3v) is 3.08. The van der Waals surface area contributed by atoms with Crippen LogP contribution in [-0.2, 0) is 26.9 Å². The third-order valence-electron chi connectivity index (χ3n) is 2.93. The lowest BCUT2D eigenvalue weighted by molar-refractivity contribution is -0.0249. The highest BCUT2D eigenvalue weighted by Crippen LogP contribution is 2.35. The predicted molar refractivity (Wildman–Crippen MR) is 71.8 cm³/mol. The molecule has 1 aromatic rings. The maximum absolute atomic E-state index is 5.41. The van der Waals surface area contributed by atoms with Crippen molar-refractivity contribution in [2.75, 3.05) is 0 Å². The Kier molecular flexibility index (Phi) is 4.66. The molecule has 0 bridgehead atoms. The Labute approximate surface area is 112 Å². The quantitative estimate of drug-likeness (QED) is 0.669. The summed E-state index contributed by atoms with van der Waals surface area (Å²) in [5.74, 6) is 5.41. The van der Waals surface area contributed by atoms with Crippen molar-refractivity contribution in [2.24, 2.45) is 5.90 Å². The van der Waals surface area contributed by atoms with Gasteiger partial charge in [0, 0.05) is 6.20 Å². The van der Waals surface area contributed by atoms with Gasteiger partial charge < -0.3 is 4.43 Å². The van der Waals surface area contributed by atoms with E-state index in [0.29, 0.717) is 6.61 Å². The van der Waals surface area contributed by atoms with Crippen molar-refractivity contribution in [1.82, 2.24) is 4.98 Å². The molecule has 5 heteroatoms. The van der Waals surface area contributed by atoms with E-state index in [2.05, 4.69) is 36.2 Å². The average molecular weight is 265 g/mol. The van der Waals surface area contributed by atoms with Crippen molar-refractivity contribution in [2.45, 2.75) is 52.2 Å². The second-order valence-corrected chi connectivity index (χ2v) is 6.14. The Bertz CT molecular complexity index is 414. The van der Waals surface area contributed by atoms with Gasteiger partial charge in [0.1, 0.15) is 5.60 Å². The standard InChI is InChI=1S/C13H21N2O2Si/c1-12(2,3)11-9(13(4,5)17-14)6-7-15-10(11)8-16-18/h6-7H,8,14H2,1-5H3. The first kappa shape index (κ1) is 15.3. The molecule has 0 unspecified atom stereocenters. The van der Waals surface area contributed by atoms with Gasteiger partial charge in [-0.2, -0.15) is 0 Å². The van der Waals surface area contributed by atoms with E-state index in [-0.39, 0.29) is 5.41 Å². The molecule has 0 aliphatic carbocycles. The minimum absolute atomic E-state index is 0.0700.